The van der Waals surface area contributed by atoms with Crippen LogP contribution in [0.15, 0.2) is 131 Å². The highest BCUT2D eigenvalue weighted by Crippen LogP contribution is 2.39. The van der Waals surface area contributed by atoms with Crippen molar-refractivity contribution in [2.45, 2.75) is 101 Å². The third-order valence-electron chi connectivity index (χ3n) is 18.8. The molecule has 0 atom stereocenters. The number of aromatic nitrogens is 20. The summed E-state index contributed by atoms with van der Waals surface area (Å²) in [5.41, 5.74) is 4.41. The Morgan fingerprint density at radius 1 is 0.490 bits per heavy atom. The van der Waals surface area contributed by atoms with Gasteiger partial charge in [-0.2, -0.15) is 39.4 Å². The van der Waals surface area contributed by atoms with E-state index in [-0.39, 0.29) is 81.6 Å². The van der Waals surface area contributed by atoms with E-state index in [4.69, 9.17) is 27.8 Å². The van der Waals surface area contributed by atoms with Crippen LogP contribution in [-0.4, -0.2) is 203 Å². The molecule has 14 heterocycles. The van der Waals surface area contributed by atoms with Crippen LogP contribution in [0.5, 0.6) is 0 Å². The average Bonchev–Trinajstić information content (AvgIpc) is 1.64. The highest BCUT2D eigenvalue weighted by atomic mass is 19.1. The van der Waals surface area contributed by atoms with Gasteiger partial charge in [0.15, 0.2) is 22.9 Å². The van der Waals surface area contributed by atoms with Gasteiger partial charge in [-0.1, -0.05) is 0 Å². The number of oxazole rings is 3. The van der Waals surface area contributed by atoms with Crippen LogP contribution in [0.1, 0.15) is 114 Å². The molecule has 3 saturated carbocycles. The minimum atomic E-state index is -0.847. The molecule has 3 aliphatic carbocycles. The second-order valence-corrected chi connectivity index (χ2v) is 25.3. The number of hydrogen-bond acceptors (Lipinski definition) is 25. The van der Waals surface area contributed by atoms with Crippen molar-refractivity contribution in [3.63, 3.8) is 0 Å². The van der Waals surface area contributed by atoms with Crippen molar-refractivity contribution in [2.24, 2.45) is 0 Å². The summed E-state index contributed by atoms with van der Waals surface area (Å²) < 4.78 is 74.9. The number of aliphatic hydroxyl groups is 1. The van der Waals surface area contributed by atoms with Gasteiger partial charge in [0.25, 0.3) is 17.7 Å². The lowest BCUT2D eigenvalue weighted by atomic mass is 9.90. The van der Waals surface area contributed by atoms with Crippen LogP contribution in [0.4, 0.5) is 30.2 Å². The summed E-state index contributed by atoms with van der Waals surface area (Å²) in [6.07, 6.45) is 34.6. The molecule has 536 valence electrons. The third kappa shape index (κ3) is 15.4. The zero-order valence-corrected chi connectivity index (χ0v) is 55.5. The van der Waals surface area contributed by atoms with Crippen LogP contribution in [0.3, 0.4) is 0 Å². The number of ether oxygens (including phenoxy) is 2. The number of carbonyl (C=O) groups excluding carboxylic acids is 3. The first-order valence-electron chi connectivity index (χ1n) is 33.8. The van der Waals surface area contributed by atoms with E-state index in [9.17, 15) is 32.7 Å². The summed E-state index contributed by atoms with van der Waals surface area (Å²) in [5, 5.41) is 50.7. The molecule has 2 saturated heterocycles. The van der Waals surface area contributed by atoms with Crippen LogP contribution in [-0.2, 0) is 9.47 Å². The fourth-order valence-corrected chi connectivity index (χ4v) is 13.3. The molecule has 17 rings (SSSR count). The first kappa shape index (κ1) is 68.0. The Kier molecular flexibility index (Phi) is 20.1. The van der Waals surface area contributed by atoms with E-state index in [2.05, 4.69) is 106 Å². The van der Waals surface area contributed by atoms with Crippen LogP contribution in [0.25, 0.3) is 68.5 Å². The van der Waals surface area contributed by atoms with E-state index in [0.717, 1.165) is 116 Å². The number of nitrogens with one attached hydrogen (secondary N) is 6. The Morgan fingerprint density at radius 3 is 1.37 bits per heavy atom. The Bertz CT molecular complexity index is 4850. The van der Waals surface area contributed by atoms with E-state index >= 15 is 0 Å². The molecule has 7 N–H and O–H groups in total. The molecule has 0 spiro atoms. The fraction of sp³-hybridized carbons (Fsp3) is 0.358. The van der Waals surface area contributed by atoms with Crippen LogP contribution < -0.4 is 16.0 Å². The van der Waals surface area contributed by atoms with E-state index in [1.165, 1.54) is 31.2 Å². The Labute approximate surface area is 587 Å². The summed E-state index contributed by atoms with van der Waals surface area (Å²) in [5.74, 6) is -3.36. The van der Waals surface area contributed by atoms with E-state index in [1.54, 1.807) is 77.5 Å². The van der Waals surface area contributed by atoms with Gasteiger partial charge in [0.1, 0.15) is 58.5 Å². The second kappa shape index (κ2) is 30.8. The van der Waals surface area contributed by atoms with Crippen molar-refractivity contribution in [1.29, 1.82) is 0 Å². The minimum absolute atomic E-state index is 0.000495. The van der Waals surface area contributed by atoms with E-state index in [0.29, 0.717) is 70.2 Å². The maximum absolute atomic E-state index is 14.7. The summed E-state index contributed by atoms with van der Waals surface area (Å²) >= 11 is 0. The van der Waals surface area contributed by atoms with Crippen molar-refractivity contribution < 1.29 is 55.4 Å². The van der Waals surface area contributed by atoms with E-state index in [1.807, 2.05) is 10.9 Å². The number of pyridine rings is 1. The molecule has 0 bridgehead atoms. The van der Waals surface area contributed by atoms with Crippen molar-refractivity contribution in [2.75, 3.05) is 68.6 Å². The standard InChI is InChI=1S/C25H26F2N8O3.C24H26FN9O3.C18H16N8O3/c26-18-5-6-21(27)32-22(18)23-19(30-24(36)20-14-38-25(31-20)15-11-28-29-12-15)13-35(33-23)17-3-1-16(2-4-17)34-7-9-37-10-8-34;25-22-17(11-28-31-22)24-30-20(14-37-24)23(35)29-19-13-34(32-21(19)18-12-26-5-6-27-18)16-3-1-15(2-4-16)33-7-9-36-10-8-33;27-12-3-11(4-12)26-8-14(16(25-26)13-7-19-1-2-20-13)23-17(28)15-9-29-18(24-15)10-5-21-22-6-10/h5-6,11-14,16-17H,1-4,7-10H2,(H,28,29)(H,30,36);5-6,11-16H,1-4,7-10H2,(H,28,31)(H,29,35);1-2,5-9,11-12,27H,3-4H2,(H,21,22)(H,23,28). The van der Waals surface area contributed by atoms with Gasteiger partial charge < -0.3 is 43.8 Å². The van der Waals surface area contributed by atoms with Gasteiger partial charge in [0.2, 0.25) is 29.6 Å². The molecule has 3 amide bonds. The lowest BCUT2D eigenvalue weighted by Crippen LogP contribution is -2.45. The van der Waals surface area contributed by atoms with Gasteiger partial charge in [-0.05, 0) is 76.3 Å². The molecule has 0 aromatic carbocycles. The normalized spacial score (nSPS) is 20.0. The molecule has 37 heteroatoms. The van der Waals surface area contributed by atoms with Crippen molar-refractivity contribution in [1.82, 2.24) is 110 Å². The summed E-state index contributed by atoms with van der Waals surface area (Å²) in [4.78, 5) is 76.9. The van der Waals surface area contributed by atoms with Gasteiger partial charge in [0.05, 0.1) is 110 Å². The summed E-state index contributed by atoms with van der Waals surface area (Å²) in [6.45, 7) is 6.96. The zero-order chi connectivity index (χ0) is 71.0. The molecule has 5 aliphatic rings. The van der Waals surface area contributed by atoms with Crippen molar-refractivity contribution in [3.05, 3.63) is 152 Å². The predicted octanol–water partition coefficient (Wildman–Crippen LogP) is 8.26. The van der Waals surface area contributed by atoms with Gasteiger partial charge in [-0.3, -0.25) is 73.5 Å². The van der Waals surface area contributed by atoms with Crippen LogP contribution >= 0.6 is 0 Å². The number of carbonyl (C=O) groups is 3. The number of halogens is 3. The molecule has 0 radical (unpaired) electrons. The second-order valence-electron chi connectivity index (χ2n) is 25.3. The quantitative estimate of drug-likeness (QED) is 0.0421. The number of nitrogens with zero attached hydrogens (tertiary/aromatic N) is 19. The maximum atomic E-state index is 14.7. The maximum Gasteiger partial charge on any atom is 0.277 e. The molecule has 34 nitrogen and oxygen atoms in total. The smallest absolute Gasteiger partial charge is 0.277 e. The molecule has 0 unspecified atom stereocenters. The number of hydrogen-bond donors (Lipinski definition) is 7. The molecule has 12 aromatic heterocycles. The number of aromatic amines is 3. The first-order chi connectivity index (χ1) is 50.9. The van der Waals surface area contributed by atoms with Crippen molar-refractivity contribution >= 4 is 34.8 Å². The number of anilines is 3. The Balaban J connectivity index is 0.000000127. The topological polar surface area (TPSA) is 415 Å². The largest absolute Gasteiger partial charge is 0.444 e. The predicted molar refractivity (Wildman–Crippen MR) is 360 cm³/mol. The van der Waals surface area contributed by atoms with Crippen LogP contribution in [0, 0.1) is 17.7 Å². The van der Waals surface area contributed by atoms with Gasteiger partial charge in [-0.15, -0.1) is 0 Å². The summed E-state index contributed by atoms with van der Waals surface area (Å²) in [7, 11) is 0. The summed E-state index contributed by atoms with van der Waals surface area (Å²) in [6, 6.07) is 3.32. The minimum Gasteiger partial charge on any atom is -0.444 e. The van der Waals surface area contributed by atoms with Crippen LogP contribution in [0.2, 0.25) is 0 Å². The lowest BCUT2D eigenvalue weighted by molar-refractivity contribution is 0.00505. The van der Waals surface area contributed by atoms with Gasteiger partial charge in [-0.25, -0.2) is 24.3 Å². The molecular formula is C67H68F3N25O9. The number of amides is 3. The molecule has 5 fully saturated rings. The molecular weight excluding hydrogens is 1360 g/mol. The first-order valence-corrected chi connectivity index (χ1v) is 33.8. The molecule has 104 heavy (non-hydrogen) atoms. The zero-order valence-electron chi connectivity index (χ0n) is 55.5. The average molecular weight is 1420 g/mol. The number of morpholine rings is 2. The molecule has 12 aromatic rings. The number of aliphatic hydroxyl groups excluding tert-OH is 1. The Hall–Kier alpha value is -11.8. The van der Waals surface area contributed by atoms with E-state index < -0.39 is 35.4 Å². The van der Waals surface area contributed by atoms with Gasteiger partial charge >= 0.3 is 0 Å². The number of H-pyrrole nitrogens is 3. The highest BCUT2D eigenvalue weighted by Gasteiger charge is 2.34. The highest BCUT2D eigenvalue weighted by molar-refractivity contribution is 6.06. The Morgan fingerprint density at radius 2 is 0.933 bits per heavy atom. The lowest BCUT2D eigenvalue weighted by Gasteiger charge is -2.38. The fourth-order valence-electron chi connectivity index (χ4n) is 13.3. The van der Waals surface area contributed by atoms with Gasteiger partial charge in [0, 0.05) is 94.0 Å². The monoisotopic (exact) mass is 1420 g/mol. The van der Waals surface area contributed by atoms with Crippen molar-refractivity contribution in [3.8, 4) is 68.5 Å². The number of rotatable bonds is 17. The third-order valence-corrected chi connectivity index (χ3v) is 18.8. The molecule has 2 aliphatic heterocycles. The SMILES string of the molecule is O=C(Nc1cn(C2CC(O)C2)nc1-c1cnccn1)c1coc(-c2cn[nH]c2)n1.O=C(Nc1cn(C2CCC(N3CCOCC3)CC2)nc1-c1cnccn1)c1coc(-c2cn[nH]c2F)n1.O=C(Nc1cn(C2CCC(N3CCOCC3)CC2)nc1-c1nc(F)ccc1F)c1coc(-c2cn[nH]c2)n1.